The van der Waals surface area contributed by atoms with Crippen LogP contribution in [0, 0.1) is 5.82 Å². The minimum Gasteiger partial charge on any atom is -0.464 e. The molecule has 0 aliphatic heterocycles. The fourth-order valence-corrected chi connectivity index (χ4v) is 2.52. The first kappa shape index (κ1) is 22.8. The van der Waals surface area contributed by atoms with Crippen molar-refractivity contribution in [3.8, 4) is 0 Å². The highest BCUT2D eigenvalue weighted by molar-refractivity contribution is 6.06. The molecule has 0 aliphatic carbocycles. The molecule has 158 valence electrons. The van der Waals surface area contributed by atoms with Gasteiger partial charge in [0.05, 0.1) is 12.7 Å². The lowest BCUT2D eigenvalue weighted by molar-refractivity contribution is -0.150. The zero-order chi connectivity index (χ0) is 22.1. The third-order valence-corrected chi connectivity index (χ3v) is 4.04. The van der Waals surface area contributed by atoms with Gasteiger partial charge in [-0.1, -0.05) is 36.4 Å². The third kappa shape index (κ3) is 6.25. The predicted octanol–water partition coefficient (Wildman–Crippen LogP) is 2.03. The number of amides is 2. The summed E-state index contributed by atoms with van der Waals surface area (Å²) in [5.74, 6) is -2.92. The maximum Gasteiger partial charge on any atom is 0.331 e. The van der Waals surface area contributed by atoms with Gasteiger partial charge >= 0.3 is 5.97 Å². The van der Waals surface area contributed by atoms with E-state index in [4.69, 9.17) is 4.74 Å². The van der Waals surface area contributed by atoms with E-state index in [9.17, 15) is 23.9 Å². The van der Waals surface area contributed by atoms with Gasteiger partial charge in [0.2, 0.25) is 0 Å². The number of carbonyl (C=O) groups is 3. The number of hydrogen-bond acceptors (Lipinski definition) is 5. The number of esters is 1. The van der Waals surface area contributed by atoms with Crippen LogP contribution in [0.3, 0.4) is 0 Å². The number of aliphatic hydroxyl groups is 1. The lowest BCUT2D eigenvalue weighted by Crippen LogP contribution is -2.50. The number of nitrogens with one attached hydrogen (secondary N) is 2. The SMILES string of the molecule is CCOC(=O)[C@H](NC(=O)/C(=C/c1ccccc1F)NC(=O)c1ccccc1)[C@H](C)O. The lowest BCUT2D eigenvalue weighted by atomic mass is 10.1. The van der Waals surface area contributed by atoms with Gasteiger partial charge in [-0.05, 0) is 38.1 Å². The molecule has 0 aliphatic rings. The quantitative estimate of drug-likeness (QED) is 0.453. The first-order valence-corrected chi connectivity index (χ1v) is 9.31. The maximum atomic E-state index is 14.1. The van der Waals surface area contributed by atoms with Gasteiger partial charge < -0.3 is 20.5 Å². The first-order chi connectivity index (χ1) is 14.3. The normalized spacial score (nSPS) is 13.1. The Morgan fingerprint density at radius 2 is 1.73 bits per heavy atom. The van der Waals surface area contributed by atoms with Crippen LogP contribution in [-0.4, -0.2) is 41.6 Å². The predicted molar refractivity (Wildman–Crippen MR) is 109 cm³/mol. The van der Waals surface area contributed by atoms with E-state index >= 15 is 0 Å². The molecule has 0 spiro atoms. The van der Waals surface area contributed by atoms with Crippen molar-refractivity contribution in [3.05, 3.63) is 77.2 Å². The molecule has 0 radical (unpaired) electrons. The Bertz CT molecular complexity index is 928. The molecule has 2 aromatic carbocycles. The van der Waals surface area contributed by atoms with Crippen molar-refractivity contribution in [1.29, 1.82) is 0 Å². The Labute approximate surface area is 173 Å². The molecule has 7 nitrogen and oxygen atoms in total. The highest BCUT2D eigenvalue weighted by atomic mass is 19.1. The fourth-order valence-electron chi connectivity index (χ4n) is 2.52. The topological polar surface area (TPSA) is 105 Å². The standard InChI is InChI=1S/C22H23FN2O5/c1-3-30-22(29)19(14(2)26)25-21(28)18(13-16-11-7-8-12-17(16)23)24-20(27)15-9-5-4-6-10-15/h4-14,19,26H,3H2,1-2H3,(H,24,27)(H,25,28)/b18-13-/t14-,19+/m0/s1. The molecule has 0 unspecified atom stereocenters. The minimum absolute atomic E-state index is 0.0561. The Kier molecular flexibility index (Phi) is 8.25. The van der Waals surface area contributed by atoms with E-state index in [0.29, 0.717) is 0 Å². The van der Waals surface area contributed by atoms with Crippen LogP contribution in [0.4, 0.5) is 4.39 Å². The lowest BCUT2D eigenvalue weighted by Gasteiger charge is -2.20. The van der Waals surface area contributed by atoms with E-state index < -0.39 is 35.7 Å². The number of ether oxygens (including phenoxy) is 1. The monoisotopic (exact) mass is 414 g/mol. The molecule has 0 heterocycles. The van der Waals surface area contributed by atoms with Crippen molar-refractivity contribution >= 4 is 23.9 Å². The summed E-state index contributed by atoms with van der Waals surface area (Å²) < 4.78 is 18.9. The summed E-state index contributed by atoms with van der Waals surface area (Å²) in [5.41, 5.74) is 0.0341. The number of hydrogen-bond donors (Lipinski definition) is 3. The maximum absolute atomic E-state index is 14.1. The van der Waals surface area contributed by atoms with Crippen LogP contribution in [-0.2, 0) is 14.3 Å². The molecular weight excluding hydrogens is 391 g/mol. The summed E-state index contributed by atoms with van der Waals surface area (Å²) in [4.78, 5) is 37.4. The molecule has 2 amide bonds. The van der Waals surface area contributed by atoms with Crippen LogP contribution < -0.4 is 10.6 Å². The van der Waals surface area contributed by atoms with Crippen LogP contribution in [0.25, 0.3) is 6.08 Å². The van der Waals surface area contributed by atoms with E-state index in [2.05, 4.69) is 10.6 Å². The van der Waals surface area contributed by atoms with Gasteiger partial charge in [-0.3, -0.25) is 9.59 Å². The van der Waals surface area contributed by atoms with Crippen LogP contribution in [0.1, 0.15) is 29.8 Å². The molecule has 0 saturated heterocycles. The molecule has 2 aromatic rings. The van der Waals surface area contributed by atoms with E-state index in [0.717, 1.165) is 6.08 Å². The van der Waals surface area contributed by atoms with Crippen LogP contribution in [0.15, 0.2) is 60.3 Å². The highest BCUT2D eigenvalue weighted by Crippen LogP contribution is 2.12. The van der Waals surface area contributed by atoms with Gasteiger partial charge in [-0.2, -0.15) is 0 Å². The van der Waals surface area contributed by atoms with Crippen LogP contribution >= 0.6 is 0 Å². The van der Waals surface area contributed by atoms with Crippen molar-refractivity contribution in [2.45, 2.75) is 26.0 Å². The molecule has 0 fully saturated rings. The molecule has 2 rings (SSSR count). The number of carbonyl (C=O) groups excluding carboxylic acids is 3. The van der Waals surface area contributed by atoms with Gasteiger partial charge in [0.25, 0.3) is 11.8 Å². The summed E-state index contributed by atoms with van der Waals surface area (Å²) >= 11 is 0. The molecule has 0 aromatic heterocycles. The fraction of sp³-hybridized carbons (Fsp3) is 0.227. The van der Waals surface area contributed by atoms with Crippen molar-refractivity contribution in [2.24, 2.45) is 0 Å². The summed E-state index contributed by atoms with van der Waals surface area (Å²) in [7, 11) is 0. The van der Waals surface area contributed by atoms with Gasteiger partial charge in [-0.25, -0.2) is 9.18 Å². The van der Waals surface area contributed by atoms with Crippen molar-refractivity contribution in [1.82, 2.24) is 10.6 Å². The molecule has 3 N–H and O–H groups in total. The summed E-state index contributed by atoms with van der Waals surface area (Å²) in [5, 5.41) is 14.6. The van der Waals surface area contributed by atoms with Gasteiger partial charge in [0.15, 0.2) is 6.04 Å². The summed E-state index contributed by atoms with van der Waals surface area (Å²) in [6, 6.07) is 12.4. The van der Waals surface area contributed by atoms with E-state index in [1.165, 1.54) is 25.1 Å². The van der Waals surface area contributed by atoms with Crippen molar-refractivity contribution in [2.75, 3.05) is 6.61 Å². The number of aliphatic hydroxyl groups excluding tert-OH is 1. The number of halogens is 1. The Balaban J connectivity index is 2.34. The number of rotatable bonds is 8. The van der Waals surface area contributed by atoms with E-state index in [1.807, 2.05) is 0 Å². The number of benzene rings is 2. The van der Waals surface area contributed by atoms with Crippen molar-refractivity contribution in [3.63, 3.8) is 0 Å². The Morgan fingerprint density at radius 3 is 2.33 bits per heavy atom. The van der Waals surface area contributed by atoms with Crippen LogP contribution in [0.5, 0.6) is 0 Å². The smallest absolute Gasteiger partial charge is 0.331 e. The largest absolute Gasteiger partial charge is 0.464 e. The second kappa shape index (κ2) is 10.9. The second-order valence-electron chi connectivity index (χ2n) is 6.34. The molecule has 0 saturated carbocycles. The molecule has 2 atom stereocenters. The second-order valence-corrected chi connectivity index (χ2v) is 6.34. The average molecular weight is 414 g/mol. The zero-order valence-corrected chi connectivity index (χ0v) is 16.6. The van der Waals surface area contributed by atoms with E-state index in [-0.39, 0.29) is 23.4 Å². The van der Waals surface area contributed by atoms with Gasteiger partial charge in [-0.15, -0.1) is 0 Å². The van der Waals surface area contributed by atoms with Crippen molar-refractivity contribution < 1.29 is 28.6 Å². The molecular formula is C22H23FN2O5. The molecule has 8 heteroatoms. The third-order valence-electron chi connectivity index (χ3n) is 4.04. The van der Waals surface area contributed by atoms with Gasteiger partial charge in [0, 0.05) is 11.1 Å². The van der Waals surface area contributed by atoms with E-state index in [1.54, 1.807) is 43.3 Å². The van der Waals surface area contributed by atoms with Gasteiger partial charge in [0.1, 0.15) is 11.5 Å². The first-order valence-electron chi connectivity index (χ1n) is 9.31. The highest BCUT2D eigenvalue weighted by Gasteiger charge is 2.28. The van der Waals surface area contributed by atoms with Crippen LogP contribution in [0.2, 0.25) is 0 Å². The summed E-state index contributed by atoms with van der Waals surface area (Å²) in [6.07, 6.45) is -0.108. The molecule has 0 bridgehead atoms. The summed E-state index contributed by atoms with van der Waals surface area (Å²) in [6.45, 7) is 2.95. The Morgan fingerprint density at radius 1 is 1.10 bits per heavy atom. The minimum atomic E-state index is -1.37. The average Bonchev–Trinajstić information content (AvgIpc) is 2.73. The Hall–Kier alpha value is -3.52. The zero-order valence-electron chi connectivity index (χ0n) is 16.6. The molecule has 30 heavy (non-hydrogen) atoms.